The van der Waals surface area contributed by atoms with Gasteiger partial charge in [-0.15, -0.1) is 0 Å². The van der Waals surface area contributed by atoms with Gasteiger partial charge in [0.15, 0.2) is 0 Å². The third-order valence-corrected chi connectivity index (χ3v) is 5.78. The van der Waals surface area contributed by atoms with Crippen molar-refractivity contribution in [3.8, 4) is 5.75 Å². The van der Waals surface area contributed by atoms with E-state index >= 15 is 0 Å². The average molecular weight is 347 g/mol. The molecule has 0 heterocycles. The number of aromatic hydroxyl groups is 1. The third kappa shape index (κ3) is 3.56. The second-order valence-electron chi connectivity index (χ2n) is 6.71. The standard InChI is InChI=1S/C19H25NO3S/c1-11(2)16-10-17(13(4)9-18(16)21)20-24(22,23)19-14(5)7-12(3)8-15(19)6/h7-11,20-21H,1-6H3. The minimum atomic E-state index is -3.70. The van der Waals surface area contributed by atoms with Crippen LogP contribution in [0.2, 0.25) is 0 Å². The second-order valence-corrected chi connectivity index (χ2v) is 8.33. The highest BCUT2D eigenvalue weighted by Crippen LogP contribution is 2.33. The largest absolute Gasteiger partial charge is 0.508 e. The molecule has 24 heavy (non-hydrogen) atoms. The number of anilines is 1. The first kappa shape index (κ1) is 18.3. The fourth-order valence-electron chi connectivity index (χ4n) is 3.07. The number of benzene rings is 2. The molecule has 0 aliphatic carbocycles. The lowest BCUT2D eigenvalue weighted by atomic mass is 9.99. The maximum atomic E-state index is 12.9. The number of phenols is 1. The van der Waals surface area contributed by atoms with Gasteiger partial charge in [0, 0.05) is 0 Å². The zero-order valence-corrected chi connectivity index (χ0v) is 15.9. The number of phenolic OH excluding ortho intramolecular Hbond substituents is 1. The first-order valence-electron chi connectivity index (χ1n) is 7.97. The van der Waals surface area contributed by atoms with Gasteiger partial charge in [-0.05, 0) is 68.0 Å². The van der Waals surface area contributed by atoms with Crippen molar-refractivity contribution in [1.82, 2.24) is 0 Å². The van der Waals surface area contributed by atoms with E-state index in [1.165, 1.54) is 0 Å². The van der Waals surface area contributed by atoms with Crippen molar-refractivity contribution < 1.29 is 13.5 Å². The van der Waals surface area contributed by atoms with Crippen molar-refractivity contribution in [3.05, 3.63) is 52.1 Å². The smallest absolute Gasteiger partial charge is 0.262 e. The monoisotopic (exact) mass is 347 g/mol. The van der Waals surface area contributed by atoms with E-state index in [-0.39, 0.29) is 11.7 Å². The van der Waals surface area contributed by atoms with Gasteiger partial charge in [0.2, 0.25) is 0 Å². The summed E-state index contributed by atoms with van der Waals surface area (Å²) >= 11 is 0. The van der Waals surface area contributed by atoms with Crippen molar-refractivity contribution in [2.45, 2.75) is 52.4 Å². The van der Waals surface area contributed by atoms with Gasteiger partial charge in [0.25, 0.3) is 10.0 Å². The normalized spacial score (nSPS) is 11.8. The summed E-state index contributed by atoms with van der Waals surface area (Å²) in [7, 11) is -3.70. The van der Waals surface area contributed by atoms with Crippen LogP contribution in [0.15, 0.2) is 29.2 Å². The van der Waals surface area contributed by atoms with E-state index in [1.54, 1.807) is 32.9 Å². The molecule has 0 radical (unpaired) electrons. The van der Waals surface area contributed by atoms with Crippen LogP contribution in [0, 0.1) is 27.7 Å². The Labute approximate surface area is 144 Å². The number of aryl methyl sites for hydroxylation is 4. The van der Waals surface area contributed by atoms with E-state index in [0.717, 1.165) is 22.3 Å². The summed E-state index contributed by atoms with van der Waals surface area (Å²) in [4.78, 5) is 0.312. The van der Waals surface area contributed by atoms with E-state index < -0.39 is 10.0 Å². The van der Waals surface area contributed by atoms with Crippen LogP contribution in [0.1, 0.15) is 47.6 Å². The van der Waals surface area contributed by atoms with Gasteiger partial charge in [-0.1, -0.05) is 31.5 Å². The molecule has 0 aromatic heterocycles. The Bertz CT molecular complexity index is 861. The molecule has 0 saturated carbocycles. The summed E-state index contributed by atoms with van der Waals surface area (Å²) in [5.74, 6) is 0.282. The number of sulfonamides is 1. The molecule has 130 valence electrons. The van der Waals surface area contributed by atoms with Crippen molar-refractivity contribution >= 4 is 15.7 Å². The zero-order valence-electron chi connectivity index (χ0n) is 15.1. The molecule has 2 aromatic rings. The highest BCUT2D eigenvalue weighted by atomic mass is 32.2. The fraction of sp³-hybridized carbons (Fsp3) is 0.368. The molecule has 0 aliphatic heterocycles. The molecule has 2 aromatic carbocycles. The molecular formula is C19H25NO3S. The van der Waals surface area contributed by atoms with Gasteiger partial charge in [0.05, 0.1) is 10.6 Å². The van der Waals surface area contributed by atoms with Crippen LogP contribution < -0.4 is 4.72 Å². The molecular weight excluding hydrogens is 322 g/mol. The SMILES string of the molecule is Cc1cc(C)c(S(=O)(=O)Nc2cc(C(C)C)c(O)cc2C)c(C)c1. The number of nitrogens with one attached hydrogen (secondary N) is 1. The third-order valence-electron chi connectivity index (χ3n) is 4.11. The van der Waals surface area contributed by atoms with E-state index in [0.29, 0.717) is 16.1 Å². The Kier molecular flexibility index (Phi) is 4.95. The van der Waals surface area contributed by atoms with Gasteiger partial charge in [-0.25, -0.2) is 8.42 Å². The van der Waals surface area contributed by atoms with Crippen LogP contribution in [0.3, 0.4) is 0 Å². The highest BCUT2D eigenvalue weighted by molar-refractivity contribution is 7.92. The quantitative estimate of drug-likeness (QED) is 0.797. The van der Waals surface area contributed by atoms with Crippen LogP contribution in [-0.4, -0.2) is 13.5 Å². The Morgan fingerprint density at radius 2 is 1.46 bits per heavy atom. The molecule has 0 aliphatic rings. The first-order valence-corrected chi connectivity index (χ1v) is 9.45. The zero-order chi connectivity index (χ0) is 18.2. The van der Waals surface area contributed by atoms with Gasteiger partial charge in [-0.2, -0.15) is 0 Å². The predicted molar refractivity (Wildman–Crippen MR) is 98.4 cm³/mol. The van der Waals surface area contributed by atoms with Crippen molar-refractivity contribution in [3.63, 3.8) is 0 Å². The molecule has 2 rings (SSSR count). The van der Waals surface area contributed by atoms with Gasteiger partial charge in [-0.3, -0.25) is 4.72 Å². The lowest BCUT2D eigenvalue weighted by Crippen LogP contribution is -2.17. The van der Waals surface area contributed by atoms with E-state index in [9.17, 15) is 13.5 Å². The lowest BCUT2D eigenvalue weighted by molar-refractivity contribution is 0.464. The Balaban J connectivity index is 2.53. The summed E-state index contributed by atoms with van der Waals surface area (Å²) < 4.78 is 28.5. The number of rotatable bonds is 4. The first-order chi connectivity index (χ1) is 11.0. The second kappa shape index (κ2) is 6.48. The lowest BCUT2D eigenvalue weighted by Gasteiger charge is -2.17. The molecule has 0 atom stereocenters. The fourth-order valence-corrected chi connectivity index (χ4v) is 4.65. The predicted octanol–water partition coefficient (Wildman–Crippen LogP) is 4.55. The van der Waals surface area contributed by atoms with Gasteiger partial charge >= 0.3 is 0 Å². The van der Waals surface area contributed by atoms with Crippen LogP contribution in [0.4, 0.5) is 5.69 Å². The van der Waals surface area contributed by atoms with Crippen molar-refractivity contribution in [2.24, 2.45) is 0 Å². The summed E-state index contributed by atoms with van der Waals surface area (Å²) in [5, 5.41) is 10.0. The van der Waals surface area contributed by atoms with Crippen molar-refractivity contribution in [2.75, 3.05) is 4.72 Å². The average Bonchev–Trinajstić information content (AvgIpc) is 2.39. The molecule has 0 saturated heterocycles. The van der Waals surface area contributed by atoms with Gasteiger partial charge < -0.3 is 5.11 Å². The highest BCUT2D eigenvalue weighted by Gasteiger charge is 2.21. The molecule has 0 amide bonds. The van der Waals surface area contributed by atoms with Crippen LogP contribution >= 0.6 is 0 Å². The Hall–Kier alpha value is -2.01. The topological polar surface area (TPSA) is 66.4 Å². The maximum Gasteiger partial charge on any atom is 0.262 e. The molecule has 0 fully saturated rings. The van der Waals surface area contributed by atoms with E-state index in [2.05, 4.69) is 4.72 Å². The Morgan fingerprint density at radius 3 is 1.96 bits per heavy atom. The molecule has 5 heteroatoms. The number of hydrogen-bond donors (Lipinski definition) is 2. The molecule has 0 spiro atoms. The molecule has 2 N–H and O–H groups in total. The minimum Gasteiger partial charge on any atom is -0.508 e. The number of hydrogen-bond acceptors (Lipinski definition) is 3. The minimum absolute atomic E-state index is 0.0942. The summed E-state index contributed by atoms with van der Waals surface area (Å²) in [6.07, 6.45) is 0. The molecule has 4 nitrogen and oxygen atoms in total. The summed E-state index contributed by atoms with van der Waals surface area (Å²) in [5.41, 5.74) is 4.38. The summed E-state index contributed by atoms with van der Waals surface area (Å²) in [6.45, 7) is 11.2. The van der Waals surface area contributed by atoms with E-state index in [4.69, 9.17) is 0 Å². The van der Waals surface area contributed by atoms with Crippen LogP contribution in [0.25, 0.3) is 0 Å². The maximum absolute atomic E-state index is 12.9. The van der Waals surface area contributed by atoms with Crippen LogP contribution in [0.5, 0.6) is 5.75 Å². The molecule has 0 bridgehead atoms. The van der Waals surface area contributed by atoms with Gasteiger partial charge in [0.1, 0.15) is 5.75 Å². The Morgan fingerprint density at radius 1 is 0.917 bits per heavy atom. The molecule has 0 unspecified atom stereocenters. The van der Waals surface area contributed by atoms with Crippen LogP contribution in [-0.2, 0) is 10.0 Å². The summed E-state index contributed by atoms with van der Waals surface area (Å²) in [6, 6.07) is 7.04. The van der Waals surface area contributed by atoms with Crippen molar-refractivity contribution in [1.29, 1.82) is 0 Å². The van der Waals surface area contributed by atoms with E-state index in [1.807, 2.05) is 32.9 Å².